The fourth-order valence-corrected chi connectivity index (χ4v) is 2.73. The van der Waals surface area contributed by atoms with Gasteiger partial charge in [0.15, 0.2) is 0 Å². The van der Waals surface area contributed by atoms with Gasteiger partial charge in [-0.05, 0) is 24.3 Å². The molecule has 2 N–H and O–H groups in total. The number of nitrogens with one attached hydrogen (secondary N) is 1. The van der Waals surface area contributed by atoms with Crippen LogP contribution in [0.25, 0.3) is 0 Å². The molecule has 1 aliphatic rings. The second-order valence-corrected chi connectivity index (χ2v) is 4.75. The van der Waals surface area contributed by atoms with E-state index in [0.717, 1.165) is 24.8 Å². The molecule has 0 spiro atoms. The summed E-state index contributed by atoms with van der Waals surface area (Å²) in [6, 6.07) is 1.98. The zero-order valence-corrected chi connectivity index (χ0v) is 9.30. The number of rotatable bonds is 3. The van der Waals surface area contributed by atoms with Crippen LogP contribution in [0.1, 0.15) is 29.6 Å². The van der Waals surface area contributed by atoms with Gasteiger partial charge < -0.3 is 10.4 Å². The highest BCUT2D eigenvalue weighted by molar-refractivity contribution is 7.08. The molecule has 1 amide bonds. The second kappa shape index (κ2) is 4.77. The summed E-state index contributed by atoms with van der Waals surface area (Å²) >= 11 is 1.52. The Balaban J connectivity index is 1.94. The number of carbonyl (C=O) groups excluding carboxylic acids is 1. The molecule has 0 aliphatic heterocycles. The van der Waals surface area contributed by atoms with Gasteiger partial charge in [-0.1, -0.05) is 6.42 Å². The molecule has 1 aromatic rings. The van der Waals surface area contributed by atoms with Crippen molar-refractivity contribution >= 4 is 17.2 Å². The van der Waals surface area contributed by atoms with Gasteiger partial charge >= 0.3 is 0 Å². The van der Waals surface area contributed by atoms with E-state index >= 15 is 0 Å². The van der Waals surface area contributed by atoms with Crippen LogP contribution in [0.2, 0.25) is 0 Å². The largest absolute Gasteiger partial charge is 0.396 e. The van der Waals surface area contributed by atoms with Crippen molar-refractivity contribution in [1.82, 2.24) is 5.32 Å². The third-order valence-corrected chi connectivity index (χ3v) is 3.68. The van der Waals surface area contributed by atoms with Crippen LogP contribution in [0, 0.1) is 5.92 Å². The number of hydrogen-bond acceptors (Lipinski definition) is 3. The van der Waals surface area contributed by atoms with E-state index in [1.807, 2.05) is 16.8 Å². The van der Waals surface area contributed by atoms with Gasteiger partial charge in [-0.2, -0.15) is 11.3 Å². The smallest absolute Gasteiger partial charge is 0.252 e. The summed E-state index contributed by atoms with van der Waals surface area (Å²) < 4.78 is 0. The molecule has 1 aromatic heterocycles. The Morgan fingerprint density at radius 1 is 1.60 bits per heavy atom. The molecule has 0 radical (unpaired) electrons. The molecule has 1 saturated carbocycles. The standard InChI is InChI=1S/C11H15NO2S/c13-6-8-2-1-3-10(8)12-11(14)9-4-5-15-7-9/h4-5,7-8,10,13H,1-3,6H2,(H,12,14). The van der Waals surface area contributed by atoms with E-state index in [9.17, 15) is 4.79 Å². The monoisotopic (exact) mass is 225 g/mol. The third-order valence-electron chi connectivity index (χ3n) is 2.99. The van der Waals surface area contributed by atoms with Crippen LogP contribution in [-0.2, 0) is 0 Å². The van der Waals surface area contributed by atoms with Crippen molar-refractivity contribution in [3.63, 3.8) is 0 Å². The summed E-state index contributed by atoms with van der Waals surface area (Å²) in [5.41, 5.74) is 0.726. The van der Waals surface area contributed by atoms with Gasteiger partial charge in [0.2, 0.25) is 0 Å². The van der Waals surface area contributed by atoms with Crippen LogP contribution in [0.5, 0.6) is 0 Å². The molecule has 2 atom stereocenters. The van der Waals surface area contributed by atoms with Crippen LogP contribution in [0.15, 0.2) is 16.8 Å². The number of thiophene rings is 1. The lowest BCUT2D eigenvalue weighted by Crippen LogP contribution is -2.38. The fourth-order valence-electron chi connectivity index (χ4n) is 2.09. The average Bonchev–Trinajstić information content (AvgIpc) is 2.87. The first kappa shape index (κ1) is 10.6. The summed E-state index contributed by atoms with van der Waals surface area (Å²) in [6.07, 6.45) is 3.10. The third kappa shape index (κ3) is 2.38. The molecule has 3 nitrogen and oxygen atoms in total. The zero-order chi connectivity index (χ0) is 10.7. The van der Waals surface area contributed by atoms with Gasteiger partial charge in [-0.15, -0.1) is 0 Å². The van der Waals surface area contributed by atoms with Crippen molar-refractivity contribution in [2.24, 2.45) is 5.92 Å². The predicted molar refractivity (Wildman–Crippen MR) is 60.0 cm³/mol. The van der Waals surface area contributed by atoms with E-state index in [0.29, 0.717) is 0 Å². The predicted octanol–water partition coefficient (Wildman–Crippen LogP) is 1.64. The summed E-state index contributed by atoms with van der Waals surface area (Å²) in [7, 11) is 0. The average molecular weight is 225 g/mol. The van der Waals surface area contributed by atoms with E-state index in [4.69, 9.17) is 5.11 Å². The first-order valence-corrected chi connectivity index (χ1v) is 6.19. The second-order valence-electron chi connectivity index (χ2n) is 3.97. The molecule has 4 heteroatoms. The highest BCUT2D eigenvalue weighted by atomic mass is 32.1. The number of aliphatic hydroxyl groups is 1. The van der Waals surface area contributed by atoms with Crippen LogP contribution < -0.4 is 5.32 Å². The summed E-state index contributed by atoms with van der Waals surface area (Å²) in [5.74, 6) is 0.231. The van der Waals surface area contributed by atoms with Gasteiger partial charge in [0.25, 0.3) is 5.91 Å². The van der Waals surface area contributed by atoms with E-state index in [1.165, 1.54) is 11.3 Å². The molecule has 1 aliphatic carbocycles. The molecule has 15 heavy (non-hydrogen) atoms. The van der Waals surface area contributed by atoms with Crippen molar-refractivity contribution in [3.8, 4) is 0 Å². The maximum absolute atomic E-state index is 11.7. The van der Waals surface area contributed by atoms with Gasteiger partial charge in [-0.25, -0.2) is 0 Å². The number of amides is 1. The summed E-state index contributed by atoms with van der Waals surface area (Å²) in [4.78, 5) is 11.7. The Morgan fingerprint density at radius 3 is 3.13 bits per heavy atom. The molecule has 1 heterocycles. The van der Waals surface area contributed by atoms with Crippen molar-refractivity contribution in [1.29, 1.82) is 0 Å². The van der Waals surface area contributed by atoms with Gasteiger partial charge in [0.1, 0.15) is 0 Å². The zero-order valence-electron chi connectivity index (χ0n) is 8.48. The Kier molecular flexibility index (Phi) is 3.38. The highest BCUT2D eigenvalue weighted by Crippen LogP contribution is 2.25. The van der Waals surface area contributed by atoms with Crippen molar-refractivity contribution in [3.05, 3.63) is 22.4 Å². The molecule has 0 saturated heterocycles. The Bertz CT molecular complexity index is 323. The normalized spacial score (nSPS) is 25.4. The lowest BCUT2D eigenvalue weighted by Gasteiger charge is -2.18. The Hall–Kier alpha value is -0.870. The van der Waals surface area contributed by atoms with E-state index < -0.39 is 0 Å². The van der Waals surface area contributed by atoms with Gasteiger partial charge in [0, 0.05) is 29.5 Å². The first-order chi connectivity index (χ1) is 7.31. The molecule has 0 bridgehead atoms. The molecule has 2 rings (SSSR count). The summed E-state index contributed by atoms with van der Waals surface area (Å²) in [6.45, 7) is 0.175. The minimum atomic E-state index is -0.0124. The van der Waals surface area contributed by atoms with E-state index in [2.05, 4.69) is 5.32 Å². The molecule has 0 aromatic carbocycles. The molecular weight excluding hydrogens is 210 g/mol. The van der Waals surface area contributed by atoms with Crippen LogP contribution in [0.4, 0.5) is 0 Å². The lowest BCUT2D eigenvalue weighted by atomic mass is 10.0. The maximum Gasteiger partial charge on any atom is 0.252 e. The van der Waals surface area contributed by atoms with Crippen molar-refractivity contribution in [2.45, 2.75) is 25.3 Å². The van der Waals surface area contributed by atoms with E-state index in [-0.39, 0.29) is 24.5 Å². The van der Waals surface area contributed by atoms with E-state index in [1.54, 1.807) is 0 Å². The topological polar surface area (TPSA) is 49.3 Å². The molecule has 1 fully saturated rings. The summed E-state index contributed by atoms with van der Waals surface area (Å²) in [5, 5.41) is 15.9. The quantitative estimate of drug-likeness (QED) is 0.821. The molecule has 82 valence electrons. The lowest BCUT2D eigenvalue weighted by molar-refractivity contribution is 0.0916. The molecule has 2 unspecified atom stereocenters. The highest BCUT2D eigenvalue weighted by Gasteiger charge is 2.27. The Labute approximate surface area is 93.1 Å². The van der Waals surface area contributed by atoms with Crippen molar-refractivity contribution < 1.29 is 9.90 Å². The fraction of sp³-hybridized carbons (Fsp3) is 0.545. The number of aliphatic hydroxyl groups excluding tert-OH is 1. The maximum atomic E-state index is 11.7. The first-order valence-electron chi connectivity index (χ1n) is 5.25. The van der Waals surface area contributed by atoms with Crippen LogP contribution in [-0.4, -0.2) is 23.7 Å². The van der Waals surface area contributed by atoms with Crippen LogP contribution >= 0.6 is 11.3 Å². The number of hydrogen-bond donors (Lipinski definition) is 2. The molecular formula is C11H15NO2S. The minimum Gasteiger partial charge on any atom is -0.396 e. The van der Waals surface area contributed by atoms with Crippen LogP contribution in [0.3, 0.4) is 0 Å². The minimum absolute atomic E-state index is 0.0124. The van der Waals surface area contributed by atoms with Gasteiger partial charge in [-0.3, -0.25) is 4.79 Å². The Morgan fingerprint density at radius 2 is 2.47 bits per heavy atom. The SMILES string of the molecule is O=C(NC1CCCC1CO)c1ccsc1. The van der Waals surface area contributed by atoms with Gasteiger partial charge in [0.05, 0.1) is 0 Å². The number of carbonyl (C=O) groups is 1. The van der Waals surface area contributed by atoms with Crippen molar-refractivity contribution in [2.75, 3.05) is 6.61 Å².